The van der Waals surface area contributed by atoms with Gasteiger partial charge in [0.15, 0.2) is 12.2 Å². The molecular weight excluding hydrogens is 1310 g/mol. The van der Waals surface area contributed by atoms with E-state index in [1.54, 1.807) is 0 Å². The second-order valence-electron chi connectivity index (χ2n) is 27.7. The molecule has 0 bridgehead atoms. The fraction of sp³-hybridized carbons (Fsp3) is 0.852. The molecule has 0 aliphatic rings. The Morgan fingerprint density at radius 2 is 0.490 bits per heavy atom. The van der Waals surface area contributed by atoms with Crippen molar-refractivity contribution in [2.24, 2.45) is 0 Å². The number of ether oxygens (including phenoxy) is 4. The Morgan fingerprint density at radius 3 is 0.780 bits per heavy atom. The largest absolute Gasteiger partial charge is 0.472 e. The fourth-order valence-electron chi connectivity index (χ4n) is 11.5. The van der Waals surface area contributed by atoms with Gasteiger partial charge in [-0.2, -0.15) is 0 Å². The maximum Gasteiger partial charge on any atom is 0.472 e. The summed E-state index contributed by atoms with van der Waals surface area (Å²) in [4.78, 5) is 73.0. The first-order valence-corrected chi connectivity index (χ1v) is 43.9. The zero-order chi connectivity index (χ0) is 73.2. The second kappa shape index (κ2) is 74.3. The normalized spacial score (nSPS) is 14.1. The maximum atomic E-state index is 13.1. The average Bonchev–Trinajstić information content (AvgIpc) is 1.25. The highest BCUT2D eigenvalue weighted by Gasteiger charge is 2.30. The van der Waals surface area contributed by atoms with Gasteiger partial charge in [0.25, 0.3) is 0 Å². The van der Waals surface area contributed by atoms with E-state index in [0.29, 0.717) is 25.7 Å². The van der Waals surface area contributed by atoms with Gasteiger partial charge < -0.3 is 33.8 Å². The Kier molecular flexibility index (Phi) is 72.1. The molecule has 0 aromatic rings. The highest BCUT2D eigenvalue weighted by molar-refractivity contribution is 7.47. The molecule has 17 nitrogen and oxygen atoms in total. The lowest BCUT2D eigenvalue weighted by molar-refractivity contribution is -0.161. The van der Waals surface area contributed by atoms with Crippen LogP contribution in [0.15, 0.2) is 48.6 Å². The van der Waals surface area contributed by atoms with Crippen LogP contribution in [0.5, 0.6) is 0 Å². The number of carbonyl (C=O) groups is 4. The van der Waals surface area contributed by atoms with Crippen molar-refractivity contribution in [1.82, 2.24) is 0 Å². The Bertz CT molecular complexity index is 2080. The van der Waals surface area contributed by atoms with E-state index in [0.717, 1.165) is 154 Å². The number of allylic oxidation sites excluding steroid dienone is 8. The van der Waals surface area contributed by atoms with Crippen LogP contribution in [-0.4, -0.2) is 96.7 Å². The zero-order valence-corrected chi connectivity index (χ0v) is 65.9. The molecule has 0 saturated carbocycles. The molecule has 0 aromatic carbocycles. The number of aliphatic hydroxyl groups excluding tert-OH is 1. The van der Waals surface area contributed by atoms with E-state index in [4.69, 9.17) is 37.0 Å². The number of esters is 4. The molecule has 0 spiro atoms. The molecule has 5 atom stereocenters. The van der Waals surface area contributed by atoms with E-state index < -0.39 is 97.5 Å². The van der Waals surface area contributed by atoms with Crippen molar-refractivity contribution in [2.45, 2.75) is 406 Å². The maximum absolute atomic E-state index is 13.1. The summed E-state index contributed by atoms with van der Waals surface area (Å²) in [5, 5.41) is 10.6. The number of phosphoric ester groups is 2. The van der Waals surface area contributed by atoms with Crippen LogP contribution < -0.4 is 0 Å². The number of phosphoric acid groups is 2. The van der Waals surface area contributed by atoms with E-state index >= 15 is 0 Å². The highest BCUT2D eigenvalue weighted by Crippen LogP contribution is 2.45. The molecule has 0 aromatic heterocycles. The SMILES string of the molecule is CCCCC/C=C\C/C=C\CCCCCCCC(=O)O[C@H](COC(=O)CCCCCCCCC/C=C\CCCCCC)COP(=O)(O)OC[C@@H](O)COP(=O)(O)OC[C@@H](COC(=O)CCCCCCCCCCCCCCCCC)OC(=O)CCCCCCCCC/C=C\CCCCCC. The van der Waals surface area contributed by atoms with Gasteiger partial charge in [-0.15, -0.1) is 0 Å². The summed E-state index contributed by atoms with van der Waals surface area (Å²) in [5.41, 5.74) is 0. The van der Waals surface area contributed by atoms with E-state index in [1.165, 1.54) is 154 Å². The van der Waals surface area contributed by atoms with Crippen molar-refractivity contribution >= 4 is 39.5 Å². The number of carbonyl (C=O) groups excluding carboxylic acids is 4. The Morgan fingerprint density at radius 1 is 0.280 bits per heavy atom. The summed E-state index contributed by atoms with van der Waals surface area (Å²) in [7, 11) is -9.94. The minimum Gasteiger partial charge on any atom is -0.462 e. The third-order valence-electron chi connectivity index (χ3n) is 17.8. The molecular formula is C81H150O17P2. The molecule has 19 heteroatoms. The van der Waals surface area contributed by atoms with Gasteiger partial charge in [-0.05, 0) is 109 Å². The number of aliphatic hydroxyl groups is 1. The second-order valence-corrected chi connectivity index (χ2v) is 30.6. The van der Waals surface area contributed by atoms with Crippen molar-refractivity contribution in [1.29, 1.82) is 0 Å². The number of unbranched alkanes of at least 4 members (excludes halogenated alkanes) is 44. The monoisotopic (exact) mass is 1460 g/mol. The molecule has 0 fully saturated rings. The predicted molar refractivity (Wildman–Crippen MR) is 409 cm³/mol. The summed E-state index contributed by atoms with van der Waals surface area (Å²) in [6, 6.07) is 0. The fourth-order valence-corrected chi connectivity index (χ4v) is 13.1. The summed E-state index contributed by atoms with van der Waals surface area (Å²) >= 11 is 0. The van der Waals surface area contributed by atoms with Gasteiger partial charge in [-0.1, -0.05) is 301 Å². The van der Waals surface area contributed by atoms with E-state index in [2.05, 4.69) is 76.3 Å². The van der Waals surface area contributed by atoms with Crippen molar-refractivity contribution in [3.63, 3.8) is 0 Å². The lowest BCUT2D eigenvalue weighted by Gasteiger charge is -2.21. The molecule has 586 valence electrons. The van der Waals surface area contributed by atoms with Crippen LogP contribution in [0.2, 0.25) is 0 Å². The van der Waals surface area contributed by atoms with E-state index in [1.807, 2.05) is 0 Å². The topological polar surface area (TPSA) is 237 Å². The van der Waals surface area contributed by atoms with E-state index in [-0.39, 0.29) is 25.7 Å². The Hall–Kier alpha value is -2.98. The molecule has 100 heavy (non-hydrogen) atoms. The predicted octanol–water partition coefficient (Wildman–Crippen LogP) is 23.7. The van der Waals surface area contributed by atoms with Crippen LogP contribution in [0.3, 0.4) is 0 Å². The zero-order valence-electron chi connectivity index (χ0n) is 64.1. The van der Waals surface area contributed by atoms with Gasteiger partial charge >= 0.3 is 39.5 Å². The standard InChI is InChI=1S/C81H150O17P2/c1-5-9-13-17-21-25-29-33-37-41-45-49-53-57-61-65-78(83)91-71-76(97-80(85)67-63-59-55-51-47-43-39-35-31-27-23-19-15-11-7-3)73-95-99(87,88)93-69-75(82)70-94-100(89,90)96-74-77(98-81(86)68-64-60-56-52-48-44-40-36-32-28-24-20-16-12-8-4)72-92-79(84)66-62-58-54-50-46-42-38-34-30-26-22-18-14-10-6-2/h23,25,27-29,32,35,39,75-77,82H,5-22,24,26,30-31,33-34,36-38,40-74H2,1-4H3,(H,87,88)(H,89,90)/b27-23-,29-25-,32-28-,39-35-/t75-,76-,77-/m1/s1. The van der Waals surface area contributed by atoms with Gasteiger partial charge in [0.1, 0.15) is 19.3 Å². The third kappa shape index (κ3) is 73.3. The molecule has 2 unspecified atom stereocenters. The van der Waals surface area contributed by atoms with Crippen LogP contribution in [0.4, 0.5) is 0 Å². The molecule has 3 N–H and O–H groups in total. The van der Waals surface area contributed by atoms with Crippen LogP contribution in [0, 0.1) is 0 Å². The lowest BCUT2D eigenvalue weighted by Crippen LogP contribution is -2.30. The smallest absolute Gasteiger partial charge is 0.462 e. The molecule has 0 saturated heterocycles. The minimum atomic E-state index is -4.97. The van der Waals surface area contributed by atoms with Crippen LogP contribution >= 0.6 is 15.6 Å². The van der Waals surface area contributed by atoms with Crippen molar-refractivity contribution in [3.05, 3.63) is 48.6 Å². The molecule has 0 aliphatic heterocycles. The molecule has 0 amide bonds. The molecule has 0 aliphatic carbocycles. The Labute approximate surface area is 610 Å². The van der Waals surface area contributed by atoms with Crippen LogP contribution in [0.25, 0.3) is 0 Å². The Balaban J connectivity index is 5.33. The van der Waals surface area contributed by atoms with Crippen molar-refractivity contribution < 1.29 is 80.2 Å². The van der Waals surface area contributed by atoms with Crippen LogP contribution in [0.1, 0.15) is 387 Å². The highest BCUT2D eigenvalue weighted by atomic mass is 31.2. The number of rotatable bonds is 78. The van der Waals surface area contributed by atoms with Gasteiger partial charge in [0.05, 0.1) is 26.4 Å². The third-order valence-corrected chi connectivity index (χ3v) is 19.7. The van der Waals surface area contributed by atoms with Gasteiger partial charge in [0, 0.05) is 25.7 Å². The van der Waals surface area contributed by atoms with Gasteiger partial charge in [-0.3, -0.25) is 37.3 Å². The van der Waals surface area contributed by atoms with Gasteiger partial charge in [0.2, 0.25) is 0 Å². The average molecular weight is 1460 g/mol. The molecule has 0 heterocycles. The minimum absolute atomic E-state index is 0.0832. The van der Waals surface area contributed by atoms with Crippen LogP contribution in [-0.2, 0) is 65.4 Å². The van der Waals surface area contributed by atoms with Crippen molar-refractivity contribution in [3.8, 4) is 0 Å². The summed E-state index contributed by atoms with van der Waals surface area (Å²) in [5.74, 6) is -2.16. The van der Waals surface area contributed by atoms with Gasteiger partial charge in [-0.25, -0.2) is 9.13 Å². The quantitative estimate of drug-likeness (QED) is 0.0169. The van der Waals surface area contributed by atoms with Crippen molar-refractivity contribution in [2.75, 3.05) is 39.6 Å². The first kappa shape index (κ1) is 97.0. The summed E-state index contributed by atoms with van der Waals surface area (Å²) in [6.07, 6.45) is 72.2. The lowest BCUT2D eigenvalue weighted by atomic mass is 10.0. The summed E-state index contributed by atoms with van der Waals surface area (Å²) < 4.78 is 68.7. The number of hydrogen-bond acceptors (Lipinski definition) is 15. The number of hydrogen-bond donors (Lipinski definition) is 3. The first-order chi connectivity index (χ1) is 48.7. The molecule has 0 rings (SSSR count). The summed E-state index contributed by atoms with van der Waals surface area (Å²) in [6.45, 7) is 4.89. The molecule has 0 radical (unpaired) electrons. The first-order valence-electron chi connectivity index (χ1n) is 40.9. The van der Waals surface area contributed by atoms with E-state index in [9.17, 15) is 43.2 Å².